The van der Waals surface area contributed by atoms with Gasteiger partial charge in [0.25, 0.3) is 5.28 Å². The molecule has 0 fully saturated rings. The second-order valence-electron chi connectivity index (χ2n) is 7.83. The summed E-state index contributed by atoms with van der Waals surface area (Å²) in [6.07, 6.45) is 7.33. The Kier molecular flexibility index (Phi) is 6.49. The minimum absolute atomic E-state index is 0. The number of esters is 2. The predicted molar refractivity (Wildman–Crippen MR) is 116 cm³/mol. The summed E-state index contributed by atoms with van der Waals surface area (Å²) in [5, 5.41) is -0.221. The molecule has 1 aromatic carbocycles. The maximum atomic E-state index is 13.5. The molecule has 0 N–H and O–H groups in total. The molecule has 3 aliphatic rings. The number of rotatable bonds is 4. The van der Waals surface area contributed by atoms with E-state index in [9.17, 15) is 9.59 Å². The van der Waals surface area contributed by atoms with Crippen LogP contribution < -0.4 is 24.0 Å². The predicted octanol–water partition coefficient (Wildman–Crippen LogP) is 1.48. The van der Waals surface area contributed by atoms with Gasteiger partial charge in [0, 0.05) is 18.2 Å². The number of ether oxygens (including phenoxy) is 2. The minimum Gasteiger partial charge on any atom is -1.00 e. The highest BCUT2D eigenvalue weighted by atomic mass is 127. The molecule has 2 atom stereocenters. The molecule has 7 heteroatoms. The topological polar surface area (TPSA) is 55.8 Å². The first-order valence-electron chi connectivity index (χ1n) is 10.1. The molecule has 4 rings (SSSR count). The smallest absolute Gasteiger partial charge is 0.376 e. The third-order valence-electron chi connectivity index (χ3n) is 6.16. The van der Waals surface area contributed by atoms with Crippen molar-refractivity contribution in [3.63, 3.8) is 0 Å². The van der Waals surface area contributed by atoms with Crippen LogP contribution >= 0.6 is 7.26 Å². The highest BCUT2D eigenvalue weighted by Crippen LogP contribution is 2.82. The van der Waals surface area contributed by atoms with Gasteiger partial charge >= 0.3 is 11.9 Å². The quantitative estimate of drug-likeness (QED) is 0.251. The van der Waals surface area contributed by atoms with Gasteiger partial charge < -0.3 is 33.5 Å². The zero-order valence-corrected chi connectivity index (χ0v) is 20.8. The molecule has 2 unspecified atom stereocenters. The van der Waals surface area contributed by atoms with E-state index in [0.29, 0.717) is 31.1 Å². The third kappa shape index (κ3) is 3.06. The Balaban J connectivity index is 0.00000256. The SMILES string of the molecule is CCOC(=O)C1=C2c3ccccc3C=CN2C2(C(=O)OCC)CC=C(C)C[P+]12C.[I-]. The minimum atomic E-state index is -2.32. The average Bonchev–Trinajstić information content (AvgIpc) is 2.93. The van der Waals surface area contributed by atoms with Gasteiger partial charge in [0.15, 0.2) is 0 Å². The molecule has 3 aliphatic heterocycles. The summed E-state index contributed by atoms with van der Waals surface area (Å²) >= 11 is 0. The summed E-state index contributed by atoms with van der Waals surface area (Å²) in [5.74, 6) is -0.560. The van der Waals surface area contributed by atoms with Crippen molar-refractivity contribution in [2.75, 3.05) is 26.0 Å². The van der Waals surface area contributed by atoms with E-state index >= 15 is 0 Å². The molecule has 30 heavy (non-hydrogen) atoms. The van der Waals surface area contributed by atoms with E-state index in [1.54, 1.807) is 0 Å². The van der Waals surface area contributed by atoms with E-state index in [0.717, 1.165) is 16.8 Å². The van der Waals surface area contributed by atoms with Gasteiger partial charge in [-0.1, -0.05) is 30.3 Å². The second-order valence-corrected chi connectivity index (χ2v) is 11.7. The van der Waals surface area contributed by atoms with Crippen molar-refractivity contribution in [1.82, 2.24) is 4.90 Å². The van der Waals surface area contributed by atoms with Gasteiger partial charge in [-0.3, -0.25) is 4.90 Å². The van der Waals surface area contributed by atoms with Crippen molar-refractivity contribution in [2.45, 2.75) is 32.5 Å². The third-order valence-corrected chi connectivity index (χ3v) is 10.9. The number of fused-ring (bicyclic) bond motifs is 5. The van der Waals surface area contributed by atoms with Crippen LogP contribution in [0.2, 0.25) is 0 Å². The van der Waals surface area contributed by atoms with Gasteiger partial charge in [0.05, 0.1) is 33.3 Å². The molecule has 5 nitrogen and oxygen atoms in total. The number of hydrogen-bond acceptors (Lipinski definition) is 5. The molecular weight excluding hydrogens is 512 g/mol. The second kappa shape index (κ2) is 8.46. The van der Waals surface area contributed by atoms with Crippen molar-refractivity contribution in [1.29, 1.82) is 0 Å². The summed E-state index contributed by atoms with van der Waals surface area (Å²) in [6.45, 7) is 8.44. The van der Waals surface area contributed by atoms with Crippen molar-refractivity contribution in [2.24, 2.45) is 0 Å². The average molecular weight is 539 g/mol. The van der Waals surface area contributed by atoms with Crippen molar-refractivity contribution in [3.05, 3.63) is 58.6 Å². The van der Waals surface area contributed by atoms with Crippen LogP contribution in [0.1, 0.15) is 38.3 Å². The molecule has 0 saturated carbocycles. The van der Waals surface area contributed by atoms with Crippen LogP contribution in [0.25, 0.3) is 11.8 Å². The molecule has 0 aliphatic carbocycles. The fourth-order valence-electron chi connectivity index (χ4n) is 4.94. The van der Waals surface area contributed by atoms with Crippen LogP contribution in [0, 0.1) is 0 Å². The van der Waals surface area contributed by atoms with Crippen LogP contribution in [-0.2, 0) is 19.1 Å². The van der Waals surface area contributed by atoms with Gasteiger partial charge in [0.2, 0.25) is 5.31 Å². The molecule has 1 aromatic rings. The number of carbonyl (C=O) groups excluding carboxylic acids is 2. The Hall–Kier alpha value is -1.66. The summed E-state index contributed by atoms with van der Waals surface area (Å²) in [6, 6.07) is 8.00. The van der Waals surface area contributed by atoms with Crippen LogP contribution in [-0.4, -0.2) is 48.2 Å². The molecule has 0 bridgehead atoms. The van der Waals surface area contributed by atoms with Gasteiger partial charge in [-0.05, 0) is 38.0 Å². The molecule has 0 spiro atoms. The van der Waals surface area contributed by atoms with E-state index in [2.05, 4.69) is 19.7 Å². The van der Waals surface area contributed by atoms with Crippen LogP contribution in [0.5, 0.6) is 0 Å². The van der Waals surface area contributed by atoms with Crippen molar-refractivity contribution >= 4 is 31.0 Å². The van der Waals surface area contributed by atoms with E-state index < -0.39 is 12.5 Å². The molecule has 0 radical (unpaired) electrons. The standard InChI is InChI=1S/C23H27NO4P.HI/c1-5-27-21(25)20-19-18-10-8-7-9-17(18)12-14-24(19)23(22(26)28-6-2)13-11-16(3)15-29(20,23)4;/h7-12,14H,5-6,13,15H2,1-4H3;1H/q+1;/p-1. The zero-order valence-electron chi connectivity index (χ0n) is 17.8. The Morgan fingerprint density at radius 1 is 1.17 bits per heavy atom. The van der Waals surface area contributed by atoms with E-state index in [1.165, 1.54) is 5.57 Å². The van der Waals surface area contributed by atoms with E-state index in [1.807, 2.05) is 55.3 Å². The lowest BCUT2D eigenvalue weighted by atomic mass is 9.97. The Morgan fingerprint density at radius 3 is 2.57 bits per heavy atom. The Morgan fingerprint density at radius 2 is 1.87 bits per heavy atom. The van der Waals surface area contributed by atoms with E-state index in [-0.39, 0.29) is 35.9 Å². The Labute approximate surface area is 195 Å². The summed E-state index contributed by atoms with van der Waals surface area (Å²) in [5.41, 5.74) is 4.03. The molecular formula is C23H27INO4P. The fourth-order valence-corrected chi connectivity index (χ4v) is 9.62. The number of carbonyl (C=O) groups is 2. The molecule has 160 valence electrons. The molecule has 3 heterocycles. The maximum absolute atomic E-state index is 13.5. The normalized spacial score (nSPS) is 26.1. The Bertz CT molecular complexity index is 985. The van der Waals surface area contributed by atoms with Crippen molar-refractivity contribution < 1.29 is 43.0 Å². The number of benzene rings is 1. The summed E-state index contributed by atoms with van der Waals surface area (Å²) < 4.78 is 11.1. The lowest BCUT2D eigenvalue weighted by molar-refractivity contribution is -0.149. The number of halogens is 1. The van der Waals surface area contributed by atoms with Crippen LogP contribution in [0.3, 0.4) is 0 Å². The van der Waals surface area contributed by atoms with Crippen LogP contribution in [0.4, 0.5) is 0 Å². The molecule has 0 saturated heterocycles. The zero-order chi connectivity index (χ0) is 20.8. The summed E-state index contributed by atoms with van der Waals surface area (Å²) in [7, 11) is -2.32. The first-order valence-corrected chi connectivity index (χ1v) is 12.5. The van der Waals surface area contributed by atoms with Crippen molar-refractivity contribution in [3.8, 4) is 0 Å². The highest BCUT2D eigenvalue weighted by Gasteiger charge is 2.75. The fraction of sp³-hybridized carbons (Fsp3) is 0.391. The van der Waals surface area contributed by atoms with Crippen LogP contribution in [0.15, 0.2) is 47.4 Å². The monoisotopic (exact) mass is 539 g/mol. The van der Waals surface area contributed by atoms with Gasteiger partial charge in [-0.25, -0.2) is 9.59 Å². The van der Waals surface area contributed by atoms with E-state index in [4.69, 9.17) is 9.47 Å². The lowest BCUT2D eigenvalue weighted by Gasteiger charge is -2.43. The number of allylic oxidation sites excluding steroid dienone is 1. The lowest BCUT2D eigenvalue weighted by Crippen LogP contribution is -3.00. The first-order chi connectivity index (χ1) is 13.9. The summed E-state index contributed by atoms with van der Waals surface area (Å²) in [4.78, 5) is 28.9. The van der Waals surface area contributed by atoms with Gasteiger partial charge in [-0.2, -0.15) is 0 Å². The number of hydrogen-bond donors (Lipinski definition) is 0. The van der Waals surface area contributed by atoms with Gasteiger partial charge in [0.1, 0.15) is 5.70 Å². The first kappa shape index (κ1) is 23.0. The maximum Gasteiger partial charge on any atom is 0.376 e. The highest BCUT2D eigenvalue weighted by molar-refractivity contribution is 7.83. The number of nitrogens with zero attached hydrogens (tertiary/aromatic N) is 1. The van der Waals surface area contributed by atoms with Gasteiger partial charge in [-0.15, -0.1) is 0 Å². The molecule has 0 aromatic heterocycles. The largest absolute Gasteiger partial charge is 1.00 e. The molecule has 0 amide bonds.